The Bertz CT molecular complexity index is 636. The molecule has 0 bridgehead atoms. The fourth-order valence-electron chi connectivity index (χ4n) is 2.26. The summed E-state index contributed by atoms with van der Waals surface area (Å²) >= 11 is 0. The molecule has 6 nitrogen and oxygen atoms in total. The summed E-state index contributed by atoms with van der Waals surface area (Å²) in [6, 6.07) is 6.24. The summed E-state index contributed by atoms with van der Waals surface area (Å²) in [5.41, 5.74) is 6.09. The zero-order chi connectivity index (χ0) is 14.8. The molecule has 7 heteroatoms. The maximum atomic E-state index is 12.7. The molecule has 0 atom stereocenters. The molecule has 1 saturated heterocycles. The van der Waals surface area contributed by atoms with Crippen LogP contribution < -0.4 is 5.73 Å². The zero-order valence-electron chi connectivity index (χ0n) is 11.4. The summed E-state index contributed by atoms with van der Waals surface area (Å²) in [5, 5.41) is 9.11. The van der Waals surface area contributed by atoms with E-state index in [9.17, 15) is 8.42 Å². The fourth-order valence-corrected chi connectivity index (χ4v) is 3.85. The van der Waals surface area contributed by atoms with Crippen LogP contribution in [0.25, 0.3) is 0 Å². The number of nitrogen functional groups attached to an aromatic ring is 1. The van der Waals surface area contributed by atoms with E-state index in [1.807, 2.05) is 13.1 Å². The van der Waals surface area contributed by atoms with Gasteiger partial charge in [0.05, 0.1) is 5.56 Å². The number of benzene rings is 1. The van der Waals surface area contributed by atoms with E-state index in [-0.39, 0.29) is 10.5 Å². The molecular formula is C13H18N4O2S. The van der Waals surface area contributed by atoms with Gasteiger partial charge in [-0.3, -0.25) is 0 Å². The second kappa shape index (κ2) is 5.79. The Kier molecular flexibility index (Phi) is 4.28. The van der Waals surface area contributed by atoms with Gasteiger partial charge in [0.2, 0.25) is 10.0 Å². The predicted molar refractivity (Wildman–Crippen MR) is 76.4 cm³/mol. The first kappa shape index (κ1) is 14.8. The van der Waals surface area contributed by atoms with Crippen molar-refractivity contribution in [2.45, 2.75) is 11.3 Å². The van der Waals surface area contributed by atoms with Crippen LogP contribution in [-0.2, 0) is 10.0 Å². The van der Waals surface area contributed by atoms with Gasteiger partial charge in [-0.05, 0) is 38.2 Å². The average molecular weight is 294 g/mol. The molecule has 0 spiro atoms. The molecule has 0 unspecified atom stereocenters. The maximum absolute atomic E-state index is 12.7. The highest BCUT2D eigenvalue weighted by Crippen LogP contribution is 2.23. The summed E-state index contributed by atoms with van der Waals surface area (Å²) in [6.07, 6.45) is 0.784. The Morgan fingerprint density at radius 2 is 2.00 bits per heavy atom. The third-order valence-corrected chi connectivity index (χ3v) is 5.38. The Morgan fingerprint density at radius 3 is 2.70 bits per heavy atom. The summed E-state index contributed by atoms with van der Waals surface area (Å²) in [7, 11) is -1.67. The fraction of sp³-hybridized carbons (Fsp3) is 0.462. The van der Waals surface area contributed by atoms with Crippen molar-refractivity contribution in [3.05, 3.63) is 23.8 Å². The van der Waals surface area contributed by atoms with Gasteiger partial charge >= 0.3 is 0 Å². The van der Waals surface area contributed by atoms with Gasteiger partial charge in [0.15, 0.2) is 0 Å². The van der Waals surface area contributed by atoms with Crippen molar-refractivity contribution in [2.75, 3.05) is 39.0 Å². The van der Waals surface area contributed by atoms with E-state index in [0.717, 1.165) is 13.0 Å². The molecule has 0 radical (unpaired) electrons. The van der Waals surface area contributed by atoms with Crippen molar-refractivity contribution in [1.82, 2.24) is 9.21 Å². The second-order valence-electron chi connectivity index (χ2n) is 4.93. The quantitative estimate of drug-likeness (QED) is 0.801. The molecule has 2 N–H and O–H groups in total. The molecule has 1 aromatic rings. The number of hydrogen-bond acceptors (Lipinski definition) is 5. The molecular weight excluding hydrogens is 276 g/mol. The number of likely N-dealkylation sites (N-methyl/N-ethyl adjacent to an activating group) is 1. The first-order valence-electron chi connectivity index (χ1n) is 6.43. The van der Waals surface area contributed by atoms with Crippen LogP contribution in [0.4, 0.5) is 5.69 Å². The van der Waals surface area contributed by atoms with Gasteiger partial charge in [0, 0.05) is 25.3 Å². The topological polar surface area (TPSA) is 90.4 Å². The van der Waals surface area contributed by atoms with Crippen molar-refractivity contribution < 1.29 is 8.42 Å². The summed E-state index contributed by atoms with van der Waals surface area (Å²) < 4.78 is 26.8. The van der Waals surface area contributed by atoms with Crippen molar-refractivity contribution in [2.24, 2.45) is 0 Å². The minimum Gasteiger partial charge on any atom is -0.399 e. The number of nitrogens with two attached hydrogens (primary N) is 1. The maximum Gasteiger partial charge on any atom is 0.244 e. The summed E-state index contributed by atoms with van der Waals surface area (Å²) in [6.45, 7) is 2.48. The summed E-state index contributed by atoms with van der Waals surface area (Å²) in [4.78, 5) is 2.14. The van der Waals surface area contributed by atoms with E-state index in [2.05, 4.69) is 4.90 Å². The lowest BCUT2D eigenvalue weighted by molar-refractivity contribution is 0.347. The molecule has 1 aliphatic rings. The third kappa shape index (κ3) is 2.93. The SMILES string of the molecule is CN1CCCN(S(=O)(=O)c2ccc(N)cc2C#N)CC1. The van der Waals surface area contributed by atoms with Gasteiger partial charge in [-0.15, -0.1) is 0 Å². The lowest BCUT2D eigenvalue weighted by Crippen LogP contribution is -2.34. The van der Waals surface area contributed by atoms with Crippen LogP contribution in [0, 0.1) is 11.3 Å². The predicted octanol–water partition coefficient (Wildman–Crippen LogP) is 0.467. The van der Waals surface area contributed by atoms with Gasteiger partial charge in [-0.25, -0.2) is 8.42 Å². The van der Waals surface area contributed by atoms with Crippen molar-refractivity contribution in [1.29, 1.82) is 5.26 Å². The first-order valence-corrected chi connectivity index (χ1v) is 7.87. The van der Waals surface area contributed by atoms with Gasteiger partial charge in [-0.2, -0.15) is 9.57 Å². The Hall–Kier alpha value is -1.62. The molecule has 0 amide bonds. The molecule has 0 aromatic heterocycles. The van der Waals surface area contributed by atoms with Crippen molar-refractivity contribution in [3.63, 3.8) is 0 Å². The van der Waals surface area contributed by atoms with Crippen LogP contribution in [0.2, 0.25) is 0 Å². The standard InChI is InChI=1S/C13H18N4O2S/c1-16-5-2-6-17(8-7-16)20(18,19)13-4-3-12(15)9-11(13)10-14/h3-4,9H,2,5-8,15H2,1H3. The first-order chi connectivity index (χ1) is 9.45. The molecule has 20 heavy (non-hydrogen) atoms. The van der Waals surface area contributed by atoms with E-state index in [4.69, 9.17) is 11.0 Å². The number of hydrogen-bond donors (Lipinski definition) is 1. The Morgan fingerprint density at radius 1 is 1.25 bits per heavy atom. The minimum atomic E-state index is -3.64. The lowest BCUT2D eigenvalue weighted by Gasteiger charge is -2.20. The largest absolute Gasteiger partial charge is 0.399 e. The van der Waals surface area contributed by atoms with E-state index in [1.54, 1.807) is 0 Å². The van der Waals surface area contributed by atoms with Crippen molar-refractivity contribution in [3.8, 4) is 6.07 Å². The van der Waals surface area contributed by atoms with Gasteiger partial charge in [0.1, 0.15) is 11.0 Å². The van der Waals surface area contributed by atoms with Gasteiger partial charge < -0.3 is 10.6 Å². The molecule has 108 valence electrons. The number of nitrogens with zero attached hydrogens (tertiary/aromatic N) is 3. The average Bonchev–Trinajstić information content (AvgIpc) is 2.63. The number of sulfonamides is 1. The highest BCUT2D eigenvalue weighted by Gasteiger charge is 2.28. The highest BCUT2D eigenvalue weighted by molar-refractivity contribution is 7.89. The normalized spacial score (nSPS) is 18.4. The molecule has 1 aliphatic heterocycles. The van der Waals surface area contributed by atoms with Crippen LogP contribution >= 0.6 is 0 Å². The third-order valence-electron chi connectivity index (χ3n) is 3.42. The van der Waals surface area contributed by atoms with Crippen LogP contribution in [0.1, 0.15) is 12.0 Å². The van der Waals surface area contributed by atoms with E-state index in [0.29, 0.717) is 25.3 Å². The van der Waals surface area contributed by atoms with Crippen LogP contribution in [0.3, 0.4) is 0 Å². The Labute approximate surface area is 119 Å². The van der Waals surface area contributed by atoms with Gasteiger partial charge in [-0.1, -0.05) is 0 Å². The lowest BCUT2D eigenvalue weighted by atomic mass is 10.2. The molecule has 0 saturated carbocycles. The van der Waals surface area contributed by atoms with E-state index >= 15 is 0 Å². The second-order valence-corrected chi connectivity index (χ2v) is 6.83. The van der Waals surface area contributed by atoms with Gasteiger partial charge in [0.25, 0.3) is 0 Å². The molecule has 0 aliphatic carbocycles. The smallest absolute Gasteiger partial charge is 0.244 e. The highest BCUT2D eigenvalue weighted by atomic mass is 32.2. The number of anilines is 1. The molecule has 1 fully saturated rings. The van der Waals surface area contributed by atoms with E-state index < -0.39 is 10.0 Å². The minimum absolute atomic E-state index is 0.0405. The monoisotopic (exact) mass is 294 g/mol. The number of rotatable bonds is 2. The zero-order valence-corrected chi connectivity index (χ0v) is 12.2. The van der Waals surface area contributed by atoms with Crippen LogP contribution in [0.15, 0.2) is 23.1 Å². The van der Waals surface area contributed by atoms with Crippen molar-refractivity contribution >= 4 is 15.7 Å². The Balaban J connectivity index is 2.38. The van der Waals surface area contributed by atoms with Crippen LogP contribution in [0.5, 0.6) is 0 Å². The molecule has 1 aromatic carbocycles. The molecule has 1 heterocycles. The molecule has 2 rings (SSSR count). The van der Waals surface area contributed by atoms with Crippen LogP contribution in [-0.4, -0.2) is 50.8 Å². The summed E-state index contributed by atoms with van der Waals surface area (Å²) in [5.74, 6) is 0. The van der Waals surface area contributed by atoms with E-state index in [1.165, 1.54) is 22.5 Å². The number of nitriles is 1.